The first-order valence-electron chi connectivity index (χ1n) is 10.9. The van der Waals surface area contributed by atoms with Gasteiger partial charge in [0.15, 0.2) is 5.58 Å². The molecule has 1 saturated heterocycles. The molecule has 3 aliphatic rings. The number of oxazole rings is 1. The van der Waals surface area contributed by atoms with E-state index < -0.39 is 0 Å². The highest BCUT2D eigenvalue weighted by Gasteiger charge is 2.62. The Labute approximate surface area is 195 Å². The van der Waals surface area contributed by atoms with Gasteiger partial charge in [0.05, 0.1) is 18.4 Å². The van der Waals surface area contributed by atoms with Crippen molar-refractivity contribution in [1.82, 2.24) is 14.9 Å². The smallest absolute Gasteiger partial charge is 0.293 e. The third-order valence-corrected chi connectivity index (χ3v) is 8.01. The van der Waals surface area contributed by atoms with Crippen LogP contribution in [0.1, 0.15) is 36.9 Å². The van der Waals surface area contributed by atoms with Crippen molar-refractivity contribution in [3.63, 3.8) is 0 Å². The first-order valence-corrected chi connectivity index (χ1v) is 11.7. The number of carbonyl (C=O) groups is 1. The molecule has 9 heteroatoms. The van der Waals surface area contributed by atoms with Crippen molar-refractivity contribution in [3.05, 3.63) is 45.7 Å². The molecule has 166 valence electrons. The third-order valence-electron chi connectivity index (χ3n) is 7.48. The summed E-state index contributed by atoms with van der Waals surface area (Å²) in [6.45, 7) is 4.42. The van der Waals surface area contributed by atoms with Crippen molar-refractivity contribution in [2.45, 2.75) is 32.2 Å². The zero-order valence-electron chi connectivity index (χ0n) is 17.6. The Balaban J connectivity index is 1.21. The van der Waals surface area contributed by atoms with E-state index in [9.17, 15) is 4.79 Å². The second kappa shape index (κ2) is 6.99. The first-order chi connectivity index (χ1) is 15.4. The molecule has 2 fully saturated rings. The molecule has 2 N–H and O–H groups in total. The van der Waals surface area contributed by atoms with Gasteiger partial charge in [-0.3, -0.25) is 9.78 Å². The van der Waals surface area contributed by atoms with E-state index in [1.165, 1.54) is 0 Å². The second-order valence-corrected chi connectivity index (χ2v) is 10.1. The van der Waals surface area contributed by atoms with Gasteiger partial charge in [0.25, 0.3) is 6.01 Å². The minimum Gasteiger partial charge on any atom is -0.421 e. The number of benzene rings is 1. The molecule has 3 atom stereocenters. The third kappa shape index (κ3) is 2.98. The molecule has 1 aromatic carbocycles. The molecule has 1 spiro atoms. The summed E-state index contributed by atoms with van der Waals surface area (Å²) in [7, 11) is 0. The van der Waals surface area contributed by atoms with Crippen LogP contribution >= 0.6 is 23.2 Å². The van der Waals surface area contributed by atoms with Crippen molar-refractivity contribution < 1.29 is 9.21 Å². The average molecular weight is 472 g/mol. The largest absolute Gasteiger partial charge is 0.421 e. The topological polar surface area (TPSA) is 88.5 Å². The maximum absolute atomic E-state index is 13.6. The predicted octanol–water partition coefficient (Wildman–Crippen LogP) is 4.47. The van der Waals surface area contributed by atoms with Gasteiger partial charge >= 0.3 is 0 Å². The van der Waals surface area contributed by atoms with E-state index in [4.69, 9.17) is 33.4 Å². The summed E-state index contributed by atoms with van der Waals surface area (Å²) in [5, 5.41) is 1.29. The van der Waals surface area contributed by atoms with Gasteiger partial charge in [0.2, 0.25) is 5.91 Å². The number of hydrogen-bond donors (Lipinski definition) is 1. The number of anilines is 2. The van der Waals surface area contributed by atoms with Crippen molar-refractivity contribution in [1.29, 1.82) is 0 Å². The van der Waals surface area contributed by atoms with Gasteiger partial charge in [-0.2, -0.15) is 4.98 Å². The molecule has 7 nitrogen and oxygen atoms in total. The van der Waals surface area contributed by atoms with E-state index in [1.807, 2.05) is 11.0 Å². The van der Waals surface area contributed by atoms with Crippen molar-refractivity contribution >= 4 is 51.9 Å². The number of carbonyl (C=O) groups excluding carboxylic acids is 1. The standard InChI is InChI=1S/C23H23Cl2N5O2/c1-12-19-13(6-14(24)7-16(19)25)2-4-30(12)21(31)15-8-23(15)3-5-29(11-23)18-10-27-9-17-20(18)32-22(26)28-17/h6-7,9-10,12,15H,2-5,8,11H2,1H3,(H2,26,28)/t12-,15?,23?/m0/s1. The molecule has 1 saturated carbocycles. The van der Waals surface area contributed by atoms with Crippen LogP contribution in [-0.2, 0) is 11.2 Å². The van der Waals surface area contributed by atoms with Crippen LogP contribution in [0, 0.1) is 11.3 Å². The first kappa shape index (κ1) is 20.1. The number of fused-ring (bicyclic) bond motifs is 2. The van der Waals surface area contributed by atoms with Gasteiger partial charge in [-0.05, 0) is 49.4 Å². The number of nitrogen functional groups attached to an aromatic ring is 1. The lowest BCUT2D eigenvalue weighted by Gasteiger charge is -2.36. The molecular weight excluding hydrogens is 449 g/mol. The van der Waals surface area contributed by atoms with E-state index in [2.05, 4.69) is 21.8 Å². The zero-order valence-corrected chi connectivity index (χ0v) is 19.2. The minimum absolute atomic E-state index is 0.00853. The Morgan fingerprint density at radius 2 is 2.12 bits per heavy atom. The zero-order chi connectivity index (χ0) is 22.2. The number of nitrogens with zero attached hydrogens (tertiary/aromatic N) is 4. The van der Waals surface area contributed by atoms with Crippen LogP contribution in [-0.4, -0.2) is 40.4 Å². The lowest BCUT2D eigenvalue weighted by Crippen LogP contribution is -2.41. The molecule has 0 bridgehead atoms. The van der Waals surface area contributed by atoms with Gasteiger partial charge in [0.1, 0.15) is 11.2 Å². The Kier molecular flexibility index (Phi) is 4.40. The summed E-state index contributed by atoms with van der Waals surface area (Å²) >= 11 is 12.7. The number of aromatic nitrogens is 2. The lowest BCUT2D eigenvalue weighted by molar-refractivity contribution is -0.136. The number of rotatable bonds is 2. The van der Waals surface area contributed by atoms with Crippen molar-refractivity contribution in [3.8, 4) is 0 Å². The second-order valence-electron chi connectivity index (χ2n) is 9.27. The predicted molar refractivity (Wildman–Crippen MR) is 124 cm³/mol. The van der Waals surface area contributed by atoms with E-state index in [0.717, 1.165) is 49.2 Å². The lowest BCUT2D eigenvalue weighted by atomic mass is 9.92. The highest BCUT2D eigenvalue weighted by molar-refractivity contribution is 6.35. The van der Waals surface area contributed by atoms with Crippen LogP contribution < -0.4 is 10.6 Å². The van der Waals surface area contributed by atoms with Crippen LogP contribution in [0.15, 0.2) is 28.9 Å². The minimum atomic E-state index is -0.0544. The maximum atomic E-state index is 13.6. The fourth-order valence-electron chi connectivity index (χ4n) is 5.74. The molecule has 6 rings (SSSR count). The summed E-state index contributed by atoms with van der Waals surface area (Å²) in [6, 6.07) is 3.83. The number of amides is 1. The molecule has 2 unspecified atom stereocenters. The summed E-state index contributed by atoms with van der Waals surface area (Å²) < 4.78 is 5.62. The molecule has 2 aliphatic heterocycles. The highest BCUT2D eigenvalue weighted by Crippen LogP contribution is 2.60. The Bertz CT molecular complexity index is 1260. The van der Waals surface area contributed by atoms with Gasteiger partial charge in [-0.25, -0.2) is 0 Å². The molecule has 1 amide bonds. The Hall–Kier alpha value is -2.51. The number of pyridine rings is 1. The fraction of sp³-hybridized carbons (Fsp3) is 0.435. The van der Waals surface area contributed by atoms with Crippen molar-refractivity contribution in [2.75, 3.05) is 30.3 Å². The van der Waals surface area contributed by atoms with Crippen LogP contribution in [0.4, 0.5) is 11.7 Å². The molecule has 0 radical (unpaired) electrons. The van der Waals surface area contributed by atoms with Crippen molar-refractivity contribution in [2.24, 2.45) is 11.3 Å². The Morgan fingerprint density at radius 1 is 1.28 bits per heavy atom. The SMILES string of the molecule is C[C@H]1c2c(Cl)cc(Cl)cc2CCN1C(=O)C1CC12CCN(c1cncc3nc(N)oc13)C2. The monoisotopic (exact) mass is 471 g/mol. The van der Waals surface area contributed by atoms with Crippen LogP contribution in [0.3, 0.4) is 0 Å². The number of halogens is 2. The van der Waals surface area contributed by atoms with Gasteiger partial charge in [-0.15, -0.1) is 0 Å². The molecule has 1 aliphatic carbocycles. The van der Waals surface area contributed by atoms with Gasteiger partial charge < -0.3 is 20.0 Å². The fourth-order valence-corrected chi connectivity index (χ4v) is 6.43. The van der Waals surface area contributed by atoms with Gasteiger partial charge in [0, 0.05) is 41.0 Å². The summed E-state index contributed by atoms with van der Waals surface area (Å²) in [5.74, 6) is 0.269. The Morgan fingerprint density at radius 3 is 2.97 bits per heavy atom. The van der Waals surface area contributed by atoms with E-state index in [1.54, 1.807) is 18.5 Å². The molecule has 3 aromatic rings. The quantitative estimate of drug-likeness (QED) is 0.592. The summed E-state index contributed by atoms with van der Waals surface area (Å²) in [6.07, 6.45) is 6.11. The van der Waals surface area contributed by atoms with E-state index >= 15 is 0 Å². The summed E-state index contributed by atoms with van der Waals surface area (Å²) in [4.78, 5) is 26.3. The summed E-state index contributed by atoms with van der Waals surface area (Å²) in [5.41, 5.74) is 10.1. The normalized spacial score (nSPS) is 26.7. The molecule has 2 aromatic heterocycles. The maximum Gasteiger partial charge on any atom is 0.293 e. The molecular formula is C23H23Cl2N5O2. The highest BCUT2D eigenvalue weighted by atomic mass is 35.5. The number of hydrogen-bond acceptors (Lipinski definition) is 6. The van der Waals surface area contributed by atoms with Gasteiger partial charge in [-0.1, -0.05) is 23.2 Å². The number of nitrogens with two attached hydrogens (primary N) is 1. The van der Waals surface area contributed by atoms with E-state index in [0.29, 0.717) is 27.7 Å². The molecule has 32 heavy (non-hydrogen) atoms. The average Bonchev–Trinajstić information content (AvgIpc) is 3.06. The van der Waals surface area contributed by atoms with E-state index in [-0.39, 0.29) is 29.3 Å². The van der Waals surface area contributed by atoms with Crippen LogP contribution in [0.5, 0.6) is 0 Å². The van der Waals surface area contributed by atoms with Crippen LogP contribution in [0.25, 0.3) is 11.1 Å². The molecule has 4 heterocycles. The van der Waals surface area contributed by atoms with Crippen LogP contribution in [0.2, 0.25) is 10.0 Å².